The highest BCUT2D eigenvalue weighted by molar-refractivity contribution is 7.17. The standard InChI is InChI=1S/C18H17ClN2O5S/c1-8(26-18(25)10-6-5-9(19)7-12(10)22)16(24)21-17-14(15(20)23)11-3-2-4-13(11)27-17/h5-8,22H,2-4H2,1H3,(H2,20,23)(H,21,24)/t8-/m0/s1. The molecule has 2 aromatic rings. The number of amides is 2. The number of aryl methyl sites for hydroxylation is 1. The second-order valence-electron chi connectivity index (χ2n) is 6.12. The molecule has 142 valence electrons. The Balaban J connectivity index is 1.71. The molecule has 3 rings (SSSR count). The summed E-state index contributed by atoms with van der Waals surface area (Å²) in [5.41, 5.74) is 6.57. The SMILES string of the molecule is C[C@H](OC(=O)c1ccc(Cl)cc1O)C(=O)Nc1sc2c(c1C(N)=O)CCC2. The lowest BCUT2D eigenvalue weighted by Crippen LogP contribution is -2.30. The molecule has 4 N–H and O–H groups in total. The lowest BCUT2D eigenvalue weighted by Gasteiger charge is -2.14. The summed E-state index contributed by atoms with van der Waals surface area (Å²) in [6, 6.07) is 3.93. The van der Waals surface area contributed by atoms with Crippen LogP contribution < -0.4 is 11.1 Å². The summed E-state index contributed by atoms with van der Waals surface area (Å²) in [5.74, 6) is -2.40. The number of nitrogens with one attached hydrogen (secondary N) is 1. The molecule has 0 fully saturated rings. The third-order valence-corrected chi connectivity index (χ3v) is 5.68. The maximum absolute atomic E-state index is 12.4. The van der Waals surface area contributed by atoms with Crippen LogP contribution in [-0.2, 0) is 22.4 Å². The number of carbonyl (C=O) groups excluding carboxylic acids is 3. The zero-order valence-corrected chi connectivity index (χ0v) is 15.9. The van der Waals surface area contributed by atoms with E-state index >= 15 is 0 Å². The Bertz CT molecular complexity index is 940. The Labute approximate surface area is 164 Å². The van der Waals surface area contributed by atoms with Crippen LogP contribution in [-0.4, -0.2) is 29.0 Å². The van der Waals surface area contributed by atoms with E-state index in [4.69, 9.17) is 22.1 Å². The van der Waals surface area contributed by atoms with Gasteiger partial charge in [-0.15, -0.1) is 11.3 Å². The summed E-state index contributed by atoms with van der Waals surface area (Å²) in [5, 5.41) is 13.0. The molecule has 1 aromatic heterocycles. The molecule has 0 saturated heterocycles. The molecule has 1 heterocycles. The first-order valence-corrected chi connectivity index (χ1v) is 9.42. The van der Waals surface area contributed by atoms with E-state index in [-0.39, 0.29) is 16.3 Å². The average Bonchev–Trinajstić information content (AvgIpc) is 3.14. The maximum Gasteiger partial charge on any atom is 0.342 e. The smallest absolute Gasteiger partial charge is 0.342 e. The van der Waals surface area contributed by atoms with Gasteiger partial charge in [-0.3, -0.25) is 9.59 Å². The van der Waals surface area contributed by atoms with E-state index in [2.05, 4.69) is 5.32 Å². The van der Waals surface area contributed by atoms with E-state index in [1.54, 1.807) is 0 Å². The van der Waals surface area contributed by atoms with Gasteiger partial charge in [0.2, 0.25) is 0 Å². The second-order valence-corrected chi connectivity index (χ2v) is 7.67. The molecule has 0 bridgehead atoms. The number of hydrogen-bond donors (Lipinski definition) is 3. The molecule has 2 amide bonds. The van der Waals surface area contributed by atoms with Crippen LogP contribution in [0.3, 0.4) is 0 Å². The number of anilines is 1. The summed E-state index contributed by atoms with van der Waals surface area (Å²) < 4.78 is 5.10. The van der Waals surface area contributed by atoms with Crippen molar-refractivity contribution in [1.29, 1.82) is 0 Å². The molecule has 9 heteroatoms. The van der Waals surface area contributed by atoms with Gasteiger partial charge < -0.3 is 20.9 Å². The topological polar surface area (TPSA) is 119 Å². The van der Waals surface area contributed by atoms with Crippen molar-refractivity contribution in [2.75, 3.05) is 5.32 Å². The summed E-state index contributed by atoms with van der Waals surface area (Å²) in [7, 11) is 0. The van der Waals surface area contributed by atoms with Crippen LogP contribution >= 0.6 is 22.9 Å². The van der Waals surface area contributed by atoms with Crippen molar-refractivity contribution >= 4 is 45.7 Å². The molecule has 0 saturated carbocycles. The van der Waals surface area contributed by atoms with Gasteiger partial charge in [-0.1, -0.05) is 11.6 Å². The number of phenolic OH excluding ortho intramolecular Hbond substituents is 1. The Morgan fingerprint density at radius 1 is 1.33 bits per heavy atom. The molecule has 7 nitrogen and oxygen atoms in total. The fourth-order valence-corrected chi connectivity index (χ4v) is 4.39. The van der Waals surface area contributed by atoms with Crippen LogP contribution in [0.4, 0.5) is 5.00 Å². The first-order chi connectivity index (χ1) is 12.8. The van der Waals surface area contributed by atoms with Gasteiger partial charge in [-0.05, 0) is 49.9 Å². The van der Waals surface area contributed by atoms with Gasteiger partial charge in [0.25, 0.3) is 11.8 Å². The fraction of sp³-hybridized carbons (Fsp3) is 0.278. The van der Waals surface area contributed by atoms with E-state index < -0.39 is 23.9 Å². The van der Waals surface area contributed by atoms with Gasteiger partial charge >= 0.3 is 5.97 Å². The lowest BCUT2D eigenvalue weighted by molar-refractivity contribution is -0.123. The van der Waals surface area contributed by atoms with Crippen molar-refractivity contribution in [1.82, 2.24) is 0 Å². The van der Waals surface area contributed by atoms with Crippen LogP contribution in [0.1, 0.15) is 44.5 Å². The number of halogens is 1. The number of primary amides is 1. The zero-order chi connectivity index (χ0) is 19.7. The van der Waals surface area contributed by atoms with Gasteiger partial charge in [0.1, 0.15) is 16.3 Å². The molecule has 0 spiro atoms. The van der Waals surface area contributed by atoms with Gasteiger partial charge in [0.05, 0.1) is 5.56 Å². The molecule has 27 heavy (non-hydrogen) atoms. The van der Waals surface area contributed by atoms with Gasteiger partial charge in [0, 0.05) is 9.90 Å². The van der Waals surface area contributed by atoms with Crippen LogP contribution in [0, 0.1) is 0 Å². The second kappa shape index (κ2) is 7.58. The Morgan fingerprint density at radius 3 is 2.74 bits per heavy atom. The van der Waals surface area contributed by atoms with Crippen molar-refractivity contribution in [2.45, 2.75) is 32.3 Å². The number of aromatic hydroxyl groups is 1. The number of esters is 1. The molecule has 1 aliphatic rings. The fourth-order valence-electron chi connectivity index (χ4n) is 2.92. The number of fused-ring (bicyclic) bond motifs is 1. The van der Waals surface area contributed by atoms with E-state index in [0.29, 0.717) is 10.6 Å². The summed E-state index contributed by atoms with van der Waals surface area (Å²) in [6.45, 7) is 1.39. The van der Waals surface area contributed by atoms with Crippen molar-refractivity contribution < 1.29 is 24.2 Å². The minimum absolute atomic E-state index is 0.105. The summed E-state index contributed by atoms with van der Waals surface area (Å²) >= 11 is 7.04. The van der Waals surface area contributed by atoms with Gasteiger partial charge in [-0.2, -0.15) is 0 Å². The number of hydrogen-bond acceptors (Lipinski definition) is 6. The number of carbonyl (C=O) groups is 3. The molecule has 1 aromatic carbocycles. The molecule has 0 unspecified atom stereocenters. The van der Waals surface area contributed by atoms with Crippen molar-refractivity contribution in [3.63, 3.8) is 0 Å². The summed E-state index contributed by atoms with van der Waals surface area (Å²) in [4.78, 5) is 37.4. The lowest BCUT2D eigenvalue weighted by atomic mass is 10.1. The highest BCUT2D eigenvalue weighted by Crippen LogP contribution is 2.38. The predicted molar refractivity (Wildman–Crippen MR) is 101 cm³/mol. The van der Waals surface area contributed by atoms with E-state index in [1.165, 1.54) is 36.5 Å². The maximum atomic E-state index is 12.4. The van der Waals surface area contributed by atoms with Crippen molar-refractivity contribution in [3.8, 4) is 5.75 Å². The first-order valence-electron chi connectivity index (χ1n) is 8.22. The number of rotatable bonds is 5. The third-order valence-electron chi connectivity index (χ3n) is 4.24. The van der Waals surface area contributed by atoms with E-state index in [9.17, 15) is 19.5 Å². The third kappa shape index (κ3) is 3.91. The Kier molecular flexibility index (Phi) is 5.38. The zero-order valence-electron chi connectivity index (χ0n) is 14.4. The van der Waals surface area contributed by atoms with Crippen LogP contribution in [0.5, 0.6) is 5.75 Å². The number of nitrogens with two attached hydrogens (primary N) is 1. The largest absolute Gasteiger partial charge is 0.507 e. The predicted octanol–water partition coefficient (Wildman–Crippen LogP) is 2.88. The monoisotopic (exact) mass is 408 g/mol. The van der Waals surface area contributed by atoms with E-state index in [0.717, 1.165) is 29.7 Å². The highest BCUT2D eigenvalue weighted by atomic mass is 35.5. The van der Waals surface area contributed by atoms with Gasteiger partial charge in [0.15, 0.2) is 6.10 Å². The molecular weight excluding hydrogens is 392 g/mol. The molecule has 1 atom stereocenters. The molecule has 1 aliphatic carbocycles. The van der Waals surface area contributed by atoms with Crippen molar-refractivity contribution in [2.24, 2.45) is 5.73 Å². The Hall–Kier alpha value is -2.58. The van der Waals surface area contributed by atoms with Gasteiger partial charge in [-0.25, -0.2) is 4.79 Å². The van der Waals surface area contributed by atoms with Crippen LogP contribution in [0.15, 0.2) is 18.2 Å². The molecular formula is C18H17ClN2O5S. The Morgan fingerprint density at radius 2 is 2.07 bits per heavy atom. The minimum Gasteiger partial charge on any atom is -0.507 e. The minimum atomic E-state index is -1.15. The highest BCUT2D eigenvalue weighted by Gasteiger charge is 2.28. The first kappa shape index (κ1) is 19.2. The van der Waals surface area contributed by atoms with Crippen molar-refractivity contribution in [3.05, 3.63) is 44.8 Å². The van der Waals surface area contributed by atoms with Crippen LogP contribution in [0.2, 0.25) is 5.02 Å². The average molecular weight is 409 g/mol. The quantitative estimate of drug-likeness (QED) is 0.657. The van der Waals surface area contributed by atoms with Crippen LogP contribution in [0.25, 0.3) is 0 Å². The normalized spacial score (nSPS) is 13.7. The summed E-state index contributed by atoms with van der Waals surface area (Å²) in [6.07, 6.45) is 1.40. The number of thiophene rings is 1. The number of phenols is 1. The number of benzene rings is 1. The molecule has 0 radical (unpaired) electrons. The number of ether oxygens (including phenoxy) is 1. The van der Waals surface area contributed by atoms with E-state index in [1.807, 2.05) is 0 Å². The molecule has 0 aliphatic heterocycles.